The van der Waals surface area contributed by atoms with Gasteiger partial charge in [0.05, 0.1) is 18.6 Å². The SMILES string of the molecule is Cc1nc(N)nc(C)c1CC(=O)N[C@@H]1CCNC[C@H]1O. The Bertz CT molecular complexity index is 483. The molecule has 0 saturated carbocycles. The van der Waals surface area contributed by atoms with Crippen LogP contribution >= 0.6 is 0 Å². The van der Waals surface area contributed by atoms with Gasteiger partial charge in [-0.25, -0.2) is 9.97 Å². The molecule has 1 aliphatic rings. The number of nitrogens with zero attached hydrogens (tertiary/aromatic N) is 2. The van der Waals surface area contributed by atoms with Crippen LogP contribution in [0.1, 0.15) is 23.4 Å². The van der Waals surface area contributed by atoms with Crippen LogP contribution < -0.4 is 16.4 Å². The Hall–Kier alpha value is -1.73. The standard InChI is InChI=1S/C13H21N5O2/c1-7-9(8(2)17-13(14)16-7)5-12(20)18-10-3-4-15-6-11(10)19/h10-11,15,19H,3-6H2,1-2H3,(H,18,20)(H2,14,16,17)/t10-,11-/m1/s1. The van der Waals surface area contributed by atoms with Gasteiger partial charge in [-0.1, -0.05) is 0 Å². The van der Waals surface area contributed by atoms with Crippen LogP contribution in [0.3, 0.4) is 0 Å². The summed E-state index contributed by atoms with van der Waals surface area (Å²) >= 11 is 0. The highest BCUT2D eigenvalue weighted by Gasteiger charge is 2.24. The molecule has 1 aromatic heterocycles. The zero-order valence-corrected chi connectivity index (χ0v) is 11.8. The van der Waals surface area contributed by atoms with E-state index >= 15 is 0 Å². The molecule has 0 bridgehead atoms. The fourth-order valence-corrected chi connectivity index (χ4v) is 2.45. The van der Waals surface area contributed by atoms with Crippen LogP contribution in [0.25, 0.3) is 0 Å². The Morgan fingerprint density at radius 3 is 2.70 bits per heavy atom. The fourth-order valence-electron chi connectivity index (χ4n) is 2.45. The van der Waals surface area contributed by atoms with Gasteiger partial charge in [0.1, 0.15) is 0 Å². The van der Waals surface area contributed by atoms with Crippen molar-refractivity contribution >= 4 is 11.9 Å². The maximum absolute atomic E-state index is 12.1. The van der Waals surface area contributed by atoms with E-state index in [9.17, 15) is 9.90 Å². The number of hydrogen-bond acceptors (Lipinski definition) is 6. The van der Waals surface area contributed by atoms with Gasteiger partial charge in [0.2, 0.25) is 11.9 Å². The molecule has 5 N–H and O–H groups in total. The maximum Gasteiger partial charge on any atom is 0.224 e. The second kappa shape index (κ2) is 6.15. The van der Waals surface area contributed by atoms with Crippen LogP contribution in [-0.4, -0.2) is 46.2 Å². The third-order valence-corrected chi connectivity index (χ3v) is 3.57. The lowest BCUT2D eigenvalue weighted by Crippen LogP contribution is -2.53. The van der Waals surface area contributed by atoms with E-state index in [1.807, 2.05) is 13.8 Å². The van der Waals surface area contributed by atoms with Crippen LogP contribution in [0.4, 0.5) is 5.95 Å². The molecule has 1 saturated heterocycles. The van der Waals surface area contributed by atoms with Crippen molar-refractivity contribution in [3.05, 3.63) is 17.0 Å². The summed E-state index contributed by atoms with van der Waals surface area (Å²) in [4.78, 5) is 20.2. The summed E-state index contributed by atoms with van der Waals surface area (Å²) in [5.74, 6) is 0.0912. The van der Waals surface area contributed by atoms with Crippen molar-refractivity contribution in [2.24, 2.45) is 0 Å². The van der Waals surface area contributed by atoms with Crippen molar-refractivity contribution in [2.75, 3.05) is 18.8 Å². The molecule has 7 heteroatoms. The molecule has 2 rings (SSSR count). The van der Waals surface area contributed by atoms with Gasteiger partial charge < -0.3 is 21.5 Å². The van der Waals surface area contributed by atoms with Gasteiger partial charge >= 0.3 is 0 Å². The Morgan fingerprint density at radius 2 is 2.10 bits per heavy atom. The minimum Gasteiger partial charge on any atom is -0.390 e. The molecule has 20 heavy (non-hydrogen) atoms. The molecule has 0 unspecified atom stereocenters. The minimum atomic E-state index is -0.544. The molecule has 1 amide bonds. The summed E-state index contributed by atoms with van der Waals surface area (Å²) in [5.41, 5.74) is 7.79. The first-order valence-corrected chi connectivity index (χ1v) is 6.75. The summed E-state index contributed by atoms with van der Waals surface area (Å²) in [6.07, 6.45) is 0.384. The Morgan fingerprint density at radius 1 is 1.45 bits per heavy atom. The van der Waals surface area contributed by atoms with Gasteiger partial charge in [0.25, 0.3) is 0 Å². The predicted octanol–water partition coefficient (Wildman–Crippen LogP) is -0.943. The summed E-state index contributed by atoms with van der Waals surface area (Å²) in [5, 5.41) is 15.8. The number of nitrogens with one attached hydrogen (secondary N) is 2. The fraction of sp³-hybridized carbons (Fsp3) is 0.615. The Kier molecular flexibility index (Phi) is 4.51. The molecule has 110 valence electrons. The van der Waals surface area contributed by atoms with Gasteiger partial charge in [-0.05, 0) is 26.8 Å². The monoisotopic (exact) mass is 279 g/mol. The van der Waals surface area contributed by atoms with E-state index in [2.05, 4.69) is 20.6 Å². The van der Waals surface area contributed by atoms with Gasteiger partial charge in [0.15, 0.2) is 0 Å². The van der Waals surface area contributed by atoms with Gasteiger partial charge in [-0.3, -0.25) is 4.79 Å². The second-order valence-electron chi connectivity index (χ2n) is 5.14. The molecule has 1 fully saturated rings. The minimum absolute atomic E-state index is 0.129. The molecule has 7 nitrogen and oxygen atoms in total. The number of carbonyl (C=O) groups is 1. The van der Waals surface area contributed by atoms with E-state index in [1.165, 1.54) is 0 Å². The highest BCUT2D eigenvalue weighted by molar-refractivity contribution is 5.79. The number of aryl methyl sites for hydroxylation is 2. The van der Waals surface area contributed by atoms with E-state index < -0.39 is 6.10 Å². The lowest BCUT2D eigenvalue weighted by atomic mass is 10.0. The third kappa shape index (κ3) is 3.43. The van der Waals surface area contributed by atoms with Gasteiger partial charge in [0, 0.05) is 23.5 Å². The van der Waals surface area contributed by atoms with Crippen LogP contribution in [0, 0.1) is 13.8 Å². The Balaban J connectivity index is 2.01. The molecule has 2 heterocycles. The van der Waals surface area contributed by atoms with Crippen molar-refractivity contribution in [3.8, 4) is 0 Å². The lowest BCUT2D eigenvalue weighted by Gasteiger charge is -2.29. The Labute approximate surface area is 118 Å². The summed E-state index contributed by atoms with van der Waals surface area (Å²) in [6.45, 7) is 4.93. The molecule has 1 aliphatic heterocycles. The van der Waals surface area contributed by atoms with E-state index in [0.717, 1.165) is 29.9 Å². The molecule has 0 spiro atoms. The number of carbonyl (C=O) groups excluding carboxylic acids is 1. The smallest absolute Gasteiger partial charge is 0.224 e. The molecule has 0 aliphatic carbocycles. The van der Waals surface area contributed by atoms with E-state index in [1.54, 1.807) is 0 Å². The average molecular weight is 279 g/mol. The van der Waals surface area contributed by atoms with E-state index in [-0.39, 0.29) is 24.3 Å². The maximum atomic E-state index is 12.1. The number of nitrogens with two attached hydrogens (primary N) is 1. The first-order chi connectivity index (χ1) is 9.47. The number of amides is 1. The lowest BCUT2D eigenvalue weighted by molar-refractivity contribution is -0.122. The van der Waals surface area contributed by atoms with Crippen LogP contribution in [0.15, 0.2) is 0 Å². The predicted molar refractivity (Wildman–Crippen MR) is 75.0 cm³/mol. The van der Waals surface area contributed by atoms with E-state index in [0.29, 0.717) is 6.54 Å². The number of anilines is 1. The van der Waals surface area contributed by atoms with Crippen molar-refractivity contribution < 1.29 is 9.90 Å². The number of aliphatic hydroxyl groups is 1. The van der Waals surface area contributed by atoms with Crippen molar-refractivity contribution in [1.82, 2.24) is 20.6 Å². The number of aromatic nitrogens is 2. The van der Waals surface area contributed by atoms with Gasteiger partial charge in [-0.15, -0.1) is 0 Å². The van der Waals surface area contributed by atoms with Crippen molar-refractivity contribution in [2.45, 2.75) is 38.8 Å². The topological polar surface area (TPSA) is 113 Å². The van der Waals surface area contributed by atoms with E-state index in [4.69, 9.17) is 5.73 Å². The first kappa shape index (κ1) is 14.7. The number of aliphatic hydroxyl groups excluding tert-OH is 1. The van der Waals surface area contributed by atoms with Crippen LogP contribution in [0.5, 0.6) is 0 Å². The molecular formula is C13H21N5O2. The average Bonchev–Trinajstić information content (AvgIpc) is 2.36. The summed E-state index contributed by atoms with van der Waals surface area (Å²) < 4.78 is 0. The molecule has 1 aromatic rings. The number of piperidine rings is 1. The van der Waals surface area contributed by atoms with Crippen LogP contribution in [0.2, 0.25) is 0 Å². The summed E-state index contributed by atoms with van der Waals surface area (Å²) in [7, 11) is 0. The van der Waals surface area contributed by atoms with Crippen molar-refractivity contribution in [3.63, 3.8) is 0 Å². The molecular weight excluding hydrogens is 258 g/mol. The highest BCUT2D eigenvalue weighted by Crippen LogP contribution is 2.12. The quantitative estimate of drug-likeness (QED) is 0.568. The largest absolute Gasteiger partial charge is 0.390 e. The normalized spacial score (nSPS) is 22.6. The summed E-state index contributed by atoms with van der Waals surface area (Å²) in [6, 6.07) is -0.195. The second-order valence-corrected chi connectivity index (χ2v) is 5.14. The molecule has 0 radical (unpaired) electrons. The zero-order valence-electron chi connectivity index (χ0n) is 11.8. The first-order valence-electron chi connectivity index (χ1n) is 6.75. The van der Waals surface area contributed by atoms with Gasteiger partial charge in [-0.2, -0.15) is 0 Å². The number of hydrogen-bond donors (Lipinski definition) is 4. The third-order valence-electron chi connectivity index (χ3n) is 3.57. The molecule has 2 atom stereocenters. The zero-order chi connectivity index (χ0) is 14.7. The number of nitrogen functional groups attached to an aromatic ring is 1. The highest BCUT2D eigenvalue weighted by atomic mass is 16.3. The van der Waals surface area contributed by atoms with Crippen molar-refractivity contribution in [1.29, 1.82) is 0 Å². The molecule has 0 aromatic carbocycles. The van der Waals surface area contributed by atoms with Crippen LogP contribution in [-0.2, 0) is 11.2 Å². The number of rotatable bonds is 3. The number of β-amino-alcohol motifs (C(OH)–C–C–N with tert-alkyl or cyclic N) is 1.